The standard InChI is InChI=1S/C16H18N4O4/c1-10(21)9-18-15(23)16(24)19-12-5-3-11(4-6-12)13(22)14-17-7-8-20(14)2/h3-8,10,21H,9H2,1-2H3,(H,18,23)(H,19,24)/t10-/m1/s1. The predicted octanol–water partition coefficient (Wildman–Crippen LogP) is 0.0866. The number of nitrogens with one attached hydrogen (secondary N) is 2. The zero-order valence-corrected chi connectivity index (χ0v) is 13.3. The molecule has 0 radical (unpaired) electrons. The van der Waals surface area contributed by atoms with Crippen LogP contribution in [0, 0.1) is 0 Å². The largest absolute Gasteiger partial charge is 0.392 e. The zero-order valence-electron chi connectivity index (χ0n) is 13.3. The van der Waals surface area contributed by atoms with Gasteiger partial charge in [0.25, 0.3) is 0 Å². The monoisotopic (exact) mass is 330 g/mol. The third-order valence-electron chi connectivity index (χ3n) is 3.19. The summed E-state index contributed by atoms with van der Waals surface area (Å²) in [5.41, 5.74) is 0.796. The number of aliphatic hydroxyl groups excluding tert-OH is 1. The van der Waals surface area contributed by atoms with Gasteiger partial charge in [-0.2, -0.15) is 0 Å². The Morgan fingerprint density at radius 1 is 1.21 bits per heavy atom. The molecule has 3 N–H and O–H groups in total. The highest BCUT2D eigenvalue weighted by Crippen LogP contribution is 2.12. The number of imidazole rings is 1. The van der Waals surface area contributed by atoms with E-state index in [9.17, 15) is 14.4 Å². The summed E-state index contributed by atoms with van der Waals surface area (Å²) >= 11 is 0. The van der Waals surface area contributed by atoms with E-state index in [4.69, 9.17) is 5.11 Å². The molecule has 0 bridgehead atoms. The number of anilines is 1. The average molecular weight is 330 g/mol. The number of nitrogens with zero attached hydrogens (tertiary/aromatic N) is 2. The second-order valence-electron chi connectivity index (χ2n) is 5.28. The Kier molecular flexibility index (Phi) is 5.43. The van der Waals surface area contributed by atoms with E-state index in [0.29, 0.717) is 17.1 Å². The summed E-state index contributed by atoms with van der Waals surface area (Å²) in [6.45, 7) is 1.48. The molecule has 2 rings (SSSR count). The molecule has 0 fully saturated rings. The third-order valence-corrected chi connectivity index (χ3v) is 3.19. The van der Waals surface area contributed by atoms with Crippen LogP contribution in [-0.2, 0) is 16.6 Å². The highest BCUT2D eigenvalue weighted by molar-refractivity contribution is 6.39. The van der Waals surface area contributed by atoms with Crippen LogP contribution in [0.5, 0.6) is 0 Å². The third kappa shape index (κ3) is 4.26. The number of aryl methyl sites for hydroxylation is 1. The SMILES string of the molecule is C[C@@H](O)CNC(=O)C(=O)Nc1ccc(C(=O)c2nccn2C)cc1. The van der Waals surface area contributed by atoms with Crippen LogP contribution in [0.3, 0.4) is 0 Å². The fourth-order valence-corrected chi connectivity index (χ4v) is 1.93. The number of aromatic nitrogens is 2. The maximum absolute atomic E-state index is 12.3. The number of carbonyl (C=O) groups is 3. The summed E-state index contributed by atoms with van der Waals surface area (Å²) in [7, 11) is 1.72. The van der Waals surface area contributed by atoms with E-state index >= 15 is 0 Å². The van der Waals surface area contributed by atoms with Gasteiger partial charge in [-0.25, -0.2) is 4.98 Å². The molecule has 8 nitrogen and oxygen atoms in total. The number of hydrogen-bond acceptors (Lipinski definition) is 5. The van der Waals surface area contributed by atoms with Crippen molar-refractivity contribution in [2.45, 2.75) is 13.0 Å². The molecule has 126 valence electrons. The van der Waals surface area contributed by atoms with Gasteiger partial charge in [-0.1, -0.05) is 0 Å². The van der Waals surface area contributed by atoms with Gasteiger partial charge in [0.2, 0.25) is 5.78 Å². The second kappa shape index (κ2) is 7.51. The number of hydrogen-bond donors (Lipinski definition) is 3. The van der Waals surface area contributed by atoms with Gasteiger partial charge in [-0.15, -0.1) is 0 Å². The van der Waals surface area contributed by atoms with E-state index in [2.05, 4.69) is 15.6 Å². The van der Waals surface area contributed by atoms with Crippen LogP contribution < -0.4 is 10.6 Å². The molecular formula is C16H18N4O4. The van der Waals surface area contributed by atoms with Crippen molar-refractivity contribution in [2.24, 2.45) is 7.05 Å². The Hall–Kier alpha value is -3.00. The number of benzene rings is 1. The van der Waals surface area contributed by atoms with E-state index in [1.54, 1.807) is 29.9 Å². The predicted molar refractivity (Wildman–Crippen MR) is 86.4 cm³/mol. The summed E-state index contributed by atoms with van der Waals surface area (Å²) in [5, 5.41) is 13.8. The molecule has 0 aliphatic heterocycles. The molecule has 1 aromatic carbocycles. The normalized spacial score (nSPS) is 11.6. The number of ketones is 1. The molecule has 0 unspecified atom stereocenters. The Morgan fingerprint density at radius 2 is 1.88 bits per heavy atom. The molecule has 2 amide bonds. The Bertz CT molecular complexity index is 750. The Morgan fingerprint density at radius 3 is 2.42 bits per heavy atom. The zero-order chi connectivity index (χ0) is 17.7. The average Bonchev–Trinajstić information content (AvgIpc) is 2.98. The first-order valence-corrected chi connectivity index (χ1v) is 7.28. The molecule has 1 aromatic heterocycles. The van der Waals surface area contributed by atoms with E-state index in [1.165, 1.54) is 25.3 Å². The van der Waals surface area contributed by atoms with Crippen LogP contribution >= 0.6 is 0 Å². The second-order valence-corrected chi connectivity index (χ2v) is 5.28. The Labute approximate surface area is 138 Å². The smallest absolute Gasteiger partial charge is 0.313 e. The fourth-order valence-electron chi connectivity index (χ4n) is 1.93. The summed E-state index contributed by atoms with van der Waals surface area (Å²) in [4.78, 5) is 39.5. The molecule has 2 aromatic rings. The van der Waals surface area contributed by atoms with E-state index in [1.807, 2.05) is 0 Å². The van der Waals surface area contributed by atoms with Gasteiger partial charge >= 0.3 is 11.8 Å². The van der Waals surface area contributed by atoms with Crippen molar-refractivity contribution in [1.82, 2.24) is 14.9 Å². The van der Waals surface area contributed by atoms with Gasteiger partial charge in [0.05, 0.1) is 6.10 Å². The topological polar surface area (TPSA) is 113 Å². The van der Waals surface area contributed by atoms with Gasteiger partial charge in [0.15, 0.2) is 5.82 Å². The van der Waals surface area contributed by atoms with Crippen LogP contribution in [0.15, 0.2) is 36.7 Å². The van der Waals surface area contributed by atoms with Gasteiger partial charge < -0.3 is 20.3 Å². The van der Waals surface area contributed by atoms with Gasteiger partial charge in [0.1, 0.15) is 0 Å². The van der Waals surface area contributed by atoms with E-state index in [0.717, 1.165) is 0 Å². The number of amides is 2. The molecule has 0 aliphatic carbocycles. The van der Waals surface area contributed by atoms with Crippen LogP contribution in [0.25, 0.3) is 0 Å². The van der Waals surface area contributed by atoms with Crippen molar-refractivity contribution < 1.29 is 19.5 Å². The lowest BCUT2D eigenvalue weighted by molar-refractivity contribution is -0.136. The first-order valence-electron chi connectivity index (χ1n) is 7.28. The maximum Gasteiger partial charge on any atom is 0.313 e. The highest BCUT2D eigenvalue weighted by atomic mass is 16.3. The van der Waals surface area contributed by atoms with Crippen molar-refractivity contribution in [2.75, 3.05) is 11.9 Å². The van der Waals surface area contributed by atoms with Crippen LogP contribution in [0.1, 0.15) is 23.1 Å². The van der Waals surface area contributed by atoms with Gasteiger partial charge in [-0.05, 0) is 31.2 Å². The number of rotatable bonds is 5. The summed E-state index contributed by atoms with van der Waals surface area (Å²) < 4.78 is 1.62. The summed E-state index contributed by atoms with van der Waals surface area (Å²) in [6.07, 6.45) is 2.47. The van der Waals surface area contributed by atoms with Gasteiger partial charge in [0, 0.05) is 37.2 Å². The molecular weight excluding hydrogens is 312 g/mol. The molecule has 8 heteroatoms. The molecule has 24 heavy (non-hydrogen) atoms. The van der Waals surface area contributed by atoms with Crippen molar-refractivity contribution in [3.05, 3.63) is 48.0 Å². The molecule has 0 saturated heterocycles. The summed E-state index contributed by atoms with van der Waals surface area (Å²) in [6, 6.07) is 6.13. The van der Waals surface area contributed by atoms with Crippen molar-refractivity contribution in [3.8, 4) is 0 Å². The van der Waals surface area contributed by atoms with E-state index in [-0.39, 0.29) is 12.3 Å². The molecule has 0 aliphatic rings. The lowest BCUT2D eigenvalue weighted by Gasteiger charge is -2.08. The maximum atomic E-state index is 12.3. The van der Waals surface area contributed by atoms with Crippen molar-refractivity contribution in [3.63, 3.8) is 0 Å². The molecule has 1 heterocycles. The quantitative estimate of drug-likeness (QED) is 0.531. The lowest BCUT2D eigenvalue weighted by Crippen LogP contribution is -2.38. The fraction of sp³-hybridized carbons (Fsp3) is 0.250. The highest BCUT2D eigenvalue weighted by Gasteiger charge is 2.16. The number of carbonyl (C=O) groups excluding carboxylic acids is 3. The van der Waals surface area contributed by atoms with Crippen LogP contribution in [0.4, 0.5) is 5.69 Å². The lowest BCUT2D eigenvalue weighted by atomic mass is 10.1. The molecule has 0 spiro atoms. The first kappa shape index (κ1) is 17.4. The first-order chi connectivity index (χ1) is 11.4. The molecule has 1 atom stereocenters. The minimum Gasteiger partial charge on any atom is -0.392 e. The van der Waals surface area contributed by atoms with Crippen molar-refractivity contribution >= 4 is 23.3 Å². The van der Waals surface area contributed by atoms with Crippen LogP contribution in [0.2, 0.25) is 0 Å². The Balaban J connectivity index is 1.99. The summed E-state index contributed by atoms with van der Waals surface area (Å²) in [5.74, 6) is -1.62. The minimum atomic E-state index is -0.848. The molecule has 0 saturated carbocycles. The minimum absolute atomic E-state index is 0.0106. The number of aliphatic hydroxyl groups is 1. The van der Waals surface area contributed by atoms with Crippen molar-refractivity contribution in [1.29, 1.82) is 0 Å². The van der Waals surface area contributed by atoms with Crippen LogP contribution in [-0.4, -0.2) is 44.9 Å². The van der Waals surface area contributed by atoms with E-state index < -0.39 is 17.9 Å². The van der Waals surface area contributed by atoms with Gasteiger partial charge in [-0.3, -0.25) is 14.4 Å².